The highest BCUT2D eigenvalue weighted by Crippen LogP contribution is 2.30. The van der Waals surface area contributed by atoms with Crippen LogP contribution in [-0.2, 0) is 11.2 Å². The fourth-order valence-corrected chi connectivity index (χ4v) is 2.86. The number of benzene rings is 1. The van der Waals surface area contributed by atoms with E-state index in [0.717, 1.165) is 31.6 Å². The summed E-state index contributed by atoms with van der Waals surface area (Å²) in [5.74, 6) is -0.121. The van der Waals surface area contributed by atoms with Crippen molar-refractivity contribution in [1.29, 1.82) is 0 Å². The second-order valence-electron chi connectivity index (χ2n) is 5.52. The van der Waals surface area contributed by atoms with Crippen LogP contribution in [0.3, 0.4) is 0 Å². The summed E-state index contributed by atoms with van der Waals surface area (Å²) in [6, 6.07) is 7.19. The molecule has 0 amide bonds. The van der Waals surface area contributed by atoms with Gasteiger partial charge in [-0.1, -0.05) is 25.1 Å². The third-order valence-electron chi connectivity index (χ3n) is 4.07. The number of likely N-dealkylation sites (N-methyl/N-ethyl adjacent to an activating group) is 1. The average molecular weight is 265 g/mol. The van der Waals surface area contributed by atoms with Gasteiger partial charge in [-0.05, 0) is 50.8 Å². The zero-order valence-electron chi connectivity index (χ0n) is 11.9. The lowest BCUT2D eigenvalue weighted by molar-refractivity contribution is -0.0882. The van der Waals surface area contributed by atoms with Crippen molar-refractivity contribution in [2.75, 3.05) is 13.2 Å². The van der Waals surface area contributed by atoms with Crippen LogP contribution in [0.15, 0.2) is 24.3 Å². The highest BCUT2D eigenvalue weighted by molar-refractivity contribution is 5.19. The lowest BCUT2D eigenvalue weighted by atomic mass is 9.84. The van der Waals surface area contributed by atoms with Gasteiger partial charge in [0.25, 0.3) is 0 Å². The molecule has 0 aliphatic carbocycles. The van der Waals surface area contributed by atoms with Crippen LogP contribution in [0.1, 0.15) is 38.7 Å². The normalized spacial score (nSPS) is 25.2. The molecule has 0 saturated carbocycles. The maximum Gasteiger partial charge on any atom is 0.126 e. The Morgan fingerprint density at radius 2 is 2.16 bits per heavy atom. The minimum Gasteiger partial charge on any atom is -0.374 e. The molecular formula is C16H24FNO. The molecule has 1 aromatic rings. The summed E-state index contributed by atoms with van der Waals surface area (Å²) in [5, 5.41) is 3.48. The largest absolute Gasteiger partial charge is 0.374 e. The zero-order valence-corrected chi connectivity index (χ0v) is 11.9. The number of hydrogen-bond acceptors (Lipinski definition) is 2. The van der Waals surface area contributed by atoms with Gasteiger partial charge >= 0.3 is 0 Å². The molecule has 1 saturated heterocycles. The molecule has 2 atom stereocenters. The van der Waals surface area contributed by atoms with Gasteiger partial charge in [-0.15, -0.1) is 0 Å². The van der Waals surface area contributed by atoms with Crippen molar-refractivity contribution in [3.8, 4) is 0 Å². The SMILES string of the molecule is CCNC(Cc1ccccc1F)C1(C)CCCCO1. The first-order valence-corrected chi connectivity index (χ1v) is 7.26. The number of hydrogen-bond donors (Lipinski definition) is 1. The second kappa shape index (κ2) is 6.49. The fourth-order valence-electron chi connectivity index (χ4n) is 2.86. The van der Waals surface area contributed by atoms with E-state index in [1.54, 1.807) is 6.07 Å². The standard InChI is InChI=1S/C16H24FNO/c1-3-18-15(16(2)10-6-7-11-19-16)12-13-8-4-5-9-14(13)17/h4-5,8-9,15,18H,3,6-7,10-12H2,1-2H3. The van der Waals surface area contributed by atoms with Crippen LogP contribution in [0, 0.1) is 5.82 Å². The van der Waals surface area contributed by atoms with Gasteiger partial charge in [-0.2, -0.15) is 0 Å². The van der Waals surface area contributed by atoms with Crippen LogP contribution >= 0.6 is 0 Å². The van der Waals surface area contributed by atoms with Gasteiger partial charge in [0.05, 0.1) is 5.60 Å². The topological polar surface area (TPSA) is 21.3 Å². The molecule has 0 bridgehead atoms. The van der Waals surface area contributed by atoms with E-state index in [4.69, 9.17) is 4.74 Å². The summed E-state index contributed by atoms with van der Waals surface area (Å²) in [6.07, 6.45) is 4.04. The zero-order chi connectivity index (χ0) is 13.7. The van der Waals surface area contributed by atoms with Gasteiger partial charge < -0.3 is 10.1 Å². The van der Waals surface area contributed by atoms with Crippen molar-refractivity contribution in [2.24, 2.45) is 0 Å². The van der Waals surface area contributed by atoms with Gasteiger partial charge in [-0.25, -0.2) is 4.39 Å². The van der Waals surface area contributed by atoms with Gasteiger partial charge in [0, 0.05) is 12.6 Å². The monoisotopic (exact) mass is 265 g/mol. The molecule has 1 aliphatic rings. The van der Waals surface area contributed by atoms with Gasteiger partial charge in [0.15, 0.2) is 0 Å². The van der Waals surface area contributed by atoms with E-state index in [0.29, 0.717) is 6.42 Å². The molecule has 1 heterocycles. The lowest BCUT2D eigenvalue weighted by Gasteiger charge is -2.41. The first-order valence-electron chi connectivity index (χ1n) is 7.26. The second-order valence-corrected chi connectivity index (χ2v) is 5.52. The number of halogens is 1. The minimum absolute atomic E-state index is 0.121. The predicted molar refractivity (Wildman–Crippen MR) is 75.8 cm³/mol. The Kier molecular flexibility index (Phi) is 4.94. The van der Waals surface area contributed by atoms with Crippen LogP contribution < -0.4 is 5.32 Å². The fraction of sp³-hybridized carbons (Fsp3) is 0.625. The minimum atomic E-state index is -0.184. The first-order chi connectivity index (χ1) is 9.15. The molecule has 3 heteroatoms. The maximum absolute atomic E-state index is 13.8. The van der Waals surface area contributed by atoms with Crippen LogP contribution in [0.5, 0.6) is 0 Å². The van der Waals surface area contributed by atoms with Crippen molar-refractivity contribution in [3.05, 3.63) is 35.6 Å². The van der Waals surface area contributed by atoms with E-state index in [9.17, 15) is 4.39 Å². The summed E-state index contributed by atoms with van der Waals surface area (Å²) in [7, 11) is 0. The summed E-state index contributed by atoms with van der Waals surface area (Å²) < 4.78 is 19.8. The number of ether oxygens (including phenoxy) is 1. The molecule has 1 N–H and O–H groups in total. The van der Waals surface area contributed by atoms with Crippen molar-refractivity contribution >= 4 is 0 Å². The highest BCUT2D eigenvalue weighted by atomic mass is 19.1. The Labute approximate surface area is 115 Å². The molecule has 1 fully saturated rings. The Balaban J connectivity index is 2.13. The van der Waals surface area contributed by atoms with E-state index in [-0.39, 0.29) is 17.5 Å². The molecule has 2 rings (SSSR count). The molecule has 0 aromatic heterocycles. The van der Waals surface area contributed by atoms with E-state index in [1.165, 1.54) is 12.5 Å². The Hall–Kier alpha value is -0.930. The van der Waals surface area contributed by atoms with Crippen LogP contribution in [0.25, 0.3) is 0 Å². The van der Waals surface area contributed by atoms with E-state index in [2.05, 4.69) is 19.2 Å². The first kappa shape index (κ1) is 14.5. The average Bonchev–Trinajstić information content (AvgIpc) is 2.41. The molecule has 2 unspecified atom stereocenters. The molecule has 19 heavy (non-hydrogen) atoms. The Bertz CT molecular complexity index is 401. The van der Waals surface area contributed by atoms with Gasteiger partial charge in [-0.3, -0.25) is 0 Å². The van der Waals surface area contributed by atoms with Gasteiger partial charge in [0.2, 0.25) is 0 Å². The third kappa shape index (κ3) is 3.54. The van der Waals surface area contributed by atoms with Crippen molar-refractivity contribution in [3.63, 3.8) is 0 Å². The molecule has 0 radical (unpaired) electrons. The maximum atomic E-state index is 13.8. The summed E-state index contributed by atoms with van der Waals surface area (Å²) in [6.45, 7) is 5.93. The smallest absolute Gasteiger partial charge is 0.126 e. The Morgan fingerprint density at radius 3 is 2.79 bits per heavy atom. The lowest BCUT2D eigenvalue weighted by Crippen LogP contribution is -2.53. The van der Waals surface area contributed by atoms with Crippen molar-refractivity contribution in [2.45, 2.75) is 51.2 Å². The molecule has 1 aromatic carbocycles. The predicted octanol–water partition coefficient (Wildman–Crippen LogP) is 3.31. The molecular weight excluding hydrogens is 241 g/mol. The van der Waals surface area contributed by atoms with E-state index >= 15 is 0 Å². The highest BCUT2D eigenvalue weighted by Gasteiger charge is 2.36. The Morgan fingerprint density at radius 1 is 1.37 bits per heavy atom. The van der Waals surface area contributed by atoms with Crippen LogP contribution in [0.2, 0.25) is 0 Å². The summed E-state index contributed by atoms with van der Waals surface area (Å²) in [5.41, 5.74) is 0.583. The molecule has 1 aliphatic heterocycles. The number of nitrogens with one attached hydrogen (secondary N) is 1. The van der Waals surface area contributed by atoms with Crippen LogP contribution in [0.4, 0.5) is 4.39 Å². The molecule has 106 valence electrons. The van der Waals surface area contributed by atoms with Crippen molar-refractivity contribution in [1.82, 2.24) is 5.32 Å². The van der Waals surface area contributed by atoms with Crippen LogP contribution in [-0.4, -0.2) is 24.8 Å². The quantitative estimate of drug-likeness (QED) is 0.882. The van der Waals surface area contributed by atoms with Crippen molar-refractivity contribution < 1.29 is 9.13 Å². The van der Waals surface area contributed by atoms with E-state index < -0.39 is 0 Å². The summed E-state index contributed by atoms with van der Waals surface area (Å²) >= 11 is 0. The third-order valence-corrected chi connectivity index (χ3v) is 4.07. The van der Waals surface area contributed by atoms with Gasteiger partial charge in [0.1, 0.15) is 5.82 Å². The summed E-state index contributed by atoms with van der Waals surface area (Å²) in [4.78, 5) is 0. The number of rotatable bonds is 5. The van der Waals surface area contributed by atoms with E-state index in [1.807, 2.05) is 12.1 Å². The molecule has 2 nitrogen and oxygen atoms in total. The molecule has 0 spiro atoms.